The predicted octanol–water partition coefficient (Wildman–Crippen LogP) is 2.78. The molecule has 4 fully saturated rings. The summed E-state index contributed by atoms with van der Waals surface area (Å²) in [5.74, 6) is 1.20. The minimum Gasteiger partial charge on any atom is -0.333 e. The highest BCUT2D eigenvalue weighted by molar-refractivity contribution is 5.94. The predicted molar refractivity (Wildman–Crippen MR) is 96.3 cm³/mol. The van der Waals surface area contributed by atoms with Crippen molar-refractivity contribution in [1.82, 2.24) is 14.8 Å². The molecule has 4 aliphatic rings. The van der Waals surface area contributed by atoms with Crippen LogP contribution < -0.4 is 0 Å². The van der Waals surface area contributed by atoms with Crippen LogP contribution in [0.3, 0.4) is 0 Å². The molecule has 0 spiro atoms. The number of hydrogen-bond acceptors (Lipinski definition) is 3. The number of amides is 1. The number of benzene rings is 1. The van der Waals surface area contributed by atoms with Crippen LogP contribution >= 0.6 is 0 Å². The molecule has 4 heteroatoms. The fourth-order valence-electron chi connectivity index (χ4n) is 5.29. The first-order chi connectivity index (χ1) is 12.3. The summed E-state index contributed by atoms with van der Waals surface area (Å²) in [4.78, 5) is 22.4. The van der Waals surface area contributed by atoms with E-state index in [1.807, 2.05) is 48.8 Å². The van der Waals surface area contributed by atoms with E-state index in [2.05, 4.69) is 20.9 Å². The average Bonchev–Trinajstić information content (AvgIpc) is 3.12. The summed E-state index contributed by atoms with van der Waals surface area (Å²) in [6, 6.07) is 14.7. The van der Waals surface area contributed by atoms with Crippen LogP contribution in [0, 0.1) is 5.92 Å². The monoisotopic (exact) mass is 333 g/mol. The van der Waals surface area contributed by atoms with Crippen LogP contribution in [0.5, 0.6) is 0 Å². The average molecular weight is 333 g/mol. The standard InChI is InChI=1S/C21H23N3O/c25-21(16-5-2-1-3-6-16)24-14-18(17-7-4-10-22-13-17)20-19(24)15-8-11-23(20)12-9-15/h1-7,10,13,15,18-20H,8-9,11-12,14H2. The van der Waals surface area contributed by atoms with Crippen molar-refractivity contribution < 1.29 is 4.79 Å². The largest absolute Gasteiger partial charge is 0.333 e. The van der Waals surface area contributed by atoms with Gasteiger partial charge in [-0.05, 0) is 55.6 Å². The summed E-state index contributed by atoms with van der Waals surface area (Å²) in [6.45, 7) is 3.16. The Labute approximate surface area is 148 Å². The second-order valence-electron chi connectivity index (χ2n) is 7.57. The molecule has 1 aromatic carbocycles. The van der Waals surface area contributed by atoms with Crippen molar-refractivity contribution in [3.63, 3.8) is 0 Å². The number of carbonyl (C=O) groups excluding carboxylic acids is 1. The number of carbonyl (C=O) groups is 1. The van der Waals surface area contributed by atoms with Crippen LogP contribution in [0.2, 0.25) is 0 Å². The molecular formula is C21H23N3O. The number of piperidine rings is 3. The maximum absolute atomic E-state index is 13.2. The molecule has 128 valence electrons. The van der Waals surface area contributed by atoms with Gasteiger partial charge in [-0.25, -0.2) is 0 Å². The fourth-order valence-corrected chi connectivity index (χ4v) is 5.29. The number of rotatable bonds is 2. The highest BCUT2D eigenvalue weighted by atomic mass is 16.2. The van der Waals surface area contributed by atoms with E-state index in [0.717, 1.165) is 12.1 Å². The van der Waals surface area contributed by atoms with E-state index in [1.54, 1.807) is 0 Å². The van der Waals surface area contributed by atoms with Gasteiger partial charge < -0.3 is 4.90 Å². The maximum atomic E-state index is 13.2. The SMILES string of the molecule is O=C(c1ccccc1)N1CC(c2cccnc2)C2C1C1CCN2CC1. The zero-order valence-corrected chi connectivity index (χ0v) is 14.3. The lowest BCUT2D eigenvalue weighted by Crippen LogP contribution is -2.60. The summed E-state index contributed by atoms with van der Waals surface area (Å²) >= 11 is 0. The Bertz CT molecular complexity index is 755. The summed E-state index contributed by atoms with van der Waals surface area (Å²) in [6.07, 6.45) is 6.26. The molecule has 0 N–H and O–H groups in total. The van der Waals surface area contributed by atoms with Crippen molar-refractivity contribution in [3.8, 4) is 0 Å². The third-order valence-corrected chi connectivity index (χ3v) is 6.39. The quantitative estimate of drug-likeness (QED) is 0.848. The van der Waals surface area contributed by atoms with Crippen molar-refractivity contribution in [2.75, 3.05) is 19.6 Å². The van der Waals surface area contributed by atoms with Crippen molar-refractivity contribution in [3.05, 3.63) is 66.0 Å². The minimum absolute atomic E-state index is 0.191. The lowest BCUT2D eigenvalue weighted by atomic mass is 9.75. The first-order valence-electron chi connectivity index (χ1n) is 9.33. The maximum Gasteiger partial charge on any atom is 0.254 e. The molecule has 0 aliphatic carbocycles. The topological polar surface area (TPSA) is 36.4 Å². The van der Waals surface area contributed by atoms with Gasteiger partial charge in [0.25, 0.3) is 5.91 Å². The number of likely N-dealkylation sites (tertiary alicyclic amines) is 1. The molecule has 1 aromatic heterocycles. The molecule has 2 bridgehead atoms. The molecule has 25 heavy (non-hydrogen) atoms. The van der Waals surface area contributed by atoms with Gasteiger partial charge in [-0.1, -0.05) is 24.3 Å². The smallest absolute Gasteiger partial charge is 0.254 e. The van der Waals surface area contributed by atoms with Gasteiger partial charge in [0, 0.05) is 36.5 Å². The molecule has 3 atom stereocenters. The molecule has 0 saturated carbocycles. The number of fused-ring (bicyclic) bond motifs is 2. The zero-order valence-electron chi connectivity index (χ0n) is 14.3. The lowest BCUT2D eigenvalue weighted by molar-refractivity contribution is -0.00342. The summed E-state index contributed by atoms with van der Waals surface area (Å²) in [7, 11) is 0. The van der Waals surface area contributed by atoms with E-state index in [4.69, 9.17) is 0 Å². The minimum atomic E-state index is 0.191. The van der Waals surface area contributed by atoms with Gasteiger partial charge in [0.05, 0.1) is 6.04 Å². The fraction of sp³-hybridized carbons (Fsp3) is 0.429. The highest BCUT2D eigenvalue weighted by Crippen LogP contribution is 2.46. The summed E-state index contributed by atoms with van der Waals surface area (Å²) in [5, 5.41) is 0. The molecule has 1 amide bonds. The van der Waals surface area contributed by atoms with Crippen LogP contribution in [0.15, 0.2) is 54.9 Å². The third kappa shape index (κ3) is 2.39. The van der Waals surface area contributed by atoms with Gasteiger partial charge in [0.15, 0.2) is 0 Å². The van der Waals surface area contributed by atoms with E-state index in [1.165, 1.54) is 31.5 Å². The van der Waals surface area contributed by atoms with Crippen LogP contribution in [-0.4, -0.2) is 52.4 Å². The van der Waals surface area contributed by atoms with E-state index in [-0.39, 0.29) is 5.91 Å². The Morgan fingerprint density at radius 1 is 1.00 bits per heavy atom. The van der Waals surface area contributed by atoms with Crippen LogP contribution in [0.4, 0.5) is 0 Å². The van der Waals surface area contributed by atoms with Gasteiger partial charge in [0.2, 0.25) is 0 Å². The Balaban J connectivity index is 1.53. The second kappa shape index (κ2) is 5.95. The van der Waals surface area contributed by atoms with Gasteiger partial charge in [-0.3, -0.25) is 14.7 Å². The summed E-state index contributed by atoms with van der Waals surface area (Å²) < 4.78 is 0. The first-order valence-corrected chi connectivity index (χ1v) is 9.33. The Morgan fingerprint density at radius 3 is 2.52 bits per heavy atom. The van der Waals surface area contributed by atoms with Crippen LogP contribution in [0.25, 0.3) is 0 Å². The molecule has 6 rings (SSSR count). The van der Waals surface area contributed by atoms with Crippen molar-refractivity contribution in [2.45, 2.75) is 30.8 Å². The summed E-state index contributed by atoms with van der Waals surface area (Å²) in [5.41, 5.74) is 2.08. The normalized spacial score (nSPS) is 33.3. The van der Waals surface area contributed by atoms with E-state index in [9.17, 15) is 4.79 Å². The zero-order chi connectivity index (χ0) is 16.8. The molecule has 4 aliphatic heterocycles. The van der Waals surface area contributed by atoms with Gasteiger partial charge in [-0.15, -0.1) is 0 Å². The lowest BCUT2D eigenvalue weighted by Gasteiger charge is -2.51. The first kappa shape index (κ1) is 15.1. The van der Waals surface area contributed by atoms with E-state index >= 15 is 0 Å². The number of hydrogen-bond donors (Lipinski definition) is 0. The van der Waals surface area contributed by atoms with Gasteiger partial charge in [0.1, 0.15) is 0 Å². The number of aromatic nitrogens is 1. The van der Waals surface area contributed by atoms with E-state index < -0.39 is 0 Å². The Hall–Kier alpha value is -2.20. The Kier molecular flexibility index (Phi) is 3.59. The van der Waals surface area contributed by atoms with Crippen molar-refractivity contribution >= 4 is 5.91 Å². The number of pyridine rings is 1. The molecule has 3 unspecified atom stereocenters. The van der Waals surface area contributed by atoms with Crippen LogP contribution in [0.1, 0.15) is 34.7 Å². The van der Waals surface area contributed by atoms with Gasteiger partial charge in [-0.2, -0.15) is 0 Å². The molecule has 4 nitrogen and oxygen atoms in total. The molecular weight excluding hydrogens is 310 g/mol. The highest BCUT2D eigenvalue weighted by Gasteiger charge is 2.54. The molecule has 0 radical (unpaired) electrons. The van der Waals surface area contributed by atoms with Crippen LogP contribution in [-0.2, 0) is 0 Å². The Morgan fingerprint density at radius 2 is 1.80 bits per heavy atom. The van der Waals surface area contributed by atoms with Crippen molar-refractivity contribution in [2.24, 2.45) is 5.92 Å². The van der Waals surface area contributed by atoms with Crippen molar-refractivity contribution in [1.29, 1.82) is 0 Å². The van der Waals surface area contributed by atoms with E-state index in [0.29, 0.717) is 23.9 Å². The van der Waals surface area contributed by atoms with Gasteiger partial charge >= 0.3 is 0 Å². The second-order valence-corrected chi connectivity index (χ2v) is 7.57. The molecule has 5 heterocycles. The molecule has 2 aromatic rings. The third-order valence-electron chi connectivity index (χ3n) is 6.39. The molecule has 4 saturated heterocycles. The number of nitrogens with zero attached hydrogens (tertiary/aromatic N) is 3.